The number of hydrogen-bond donors (Lipinski definition) is 0. The molecular weight excluding hydrogens is 1290 g/mol. The van der Waals surface area contributed by atoms with Crippen LogP contribution in [0.25, 0.3) is 0 Å². The zero-order valence-electron chi connectivity index (χ0n) is 50.5. The molecule has 12 rings (SSSR count). The second kappa shape index (κ2) is 31.2. The fourth-order valence-electron chi connectivity index (χ4n) is 11.8. The van der Waals surface area contributed by atoms with Gasteiger partial charge in [0.15, 0.2) is 12.2 Å². The fraction of sp³-hybridized carbons (Fsp3) is 0.484. The quantitative estimate of drug-likeness (QED) is 0.0395. The number of carboxylic acids is 2. The molecule has 6 aliphatic heterocycles. The second-order valence-electron chi connectivity index (χ2n) is 23.2. The van der Waals surface area contributed by atoms with E-state index in [0.717, 1.165) is 86.8 Å². The van der Waals surface area contributed by atoms with Crippen molar-refractivity contribution in [2.75, 3.05) is 65.6 Å². The lowest BCUT2D eigenvalue weighted by Crippen LogP contribution is -2.65. The van der Waals surface area contributed by atoms with Crippen molar-refractivity contribution in [2.24, 2.45) is 11.8 Å². The van der Waals surface area contributed by atoms with Crippen LogP contribution in [0.1, 0.15) is 83.8 Å². The number of fused-ring (bicyclic) bond motifs is 6. The normalized spacial score (nSPS) is 20.7. The average molecular weight is 1360 g/mol. The molecule has 94 heavy (non-hydrogen) atoms. The van der Waals surface area contributed by atoms with Crippen LogP contribution in [0, 0.1) is 37.3 Å². The van der Waals surface area contributed by atoms with Crippen LogP contribution in [-0.4, -0.2) is 133 Å². The predicted molar refractivity (Wildman–Crippen MR) is 293 cm³/mol. The number of quaternary nitrogens is 2. The Bertz CT molecular complexity index is 3150. The van der Waals surface area contributed by atoms with E-state index in [-0.39, 0.29) is 84.5 Å². The van der Waals surface area contributed by atoms with Crippen LogP contribution in [0.3, 0.4) is 0 Å². The highest BCUT2D eigenvalue weighted by Gasteiger charge is 2.50. The van der Waals surface area contributed by atoms with Crippen LogP contribution in [0.4, 0.5) is 71.1 Å². The summed E-state index contributed by atoms with van der Waals surface area (Å²) in [5.74, 6) is -6.95. The zero-order valence-corrected chi connectivity index (χ0v) is 50.5. The number of alkyl halides is 12. The number of halogens is 14. The van der Waals surface area contributed by atoms with Crippen LogP contribution in [0.2, 0.25) is 0 Å². The van der Waals surface area contributed by atoms with E-state index in [4.69, 9.17) is 56.4 Å². The molecule has 6 aromatic rings. The van der Waals surface area contributed by atoms with Crippen molar-refractivity contribution >= 4 is 24.1 Å². The van der Waals surface area contributed by atoms with E-state index in [1.165, 1.54) is 85.1 Å². The lowest BCUT2D eigenvalue weighted by Gasteiger charge is -2.52. The number of amides is 2. The maximum atomic E-state index is 13.6. The molecule has 6 aliphatic rings. The van der Waals surface area contributed by atoms with Gasteiger partial charge in [0.25, 0.3) is 0 Å². The van der Waals surface area contributed by atoms with Gasteiger partial charge in [0.05, 0.1) is 104 Å². The number of piperidine rings is 6. The molecule has 0 saturated carbocycles. The number of carbonyl (C=O) groups excluding carboxylic acids is 4. The maximum absolute atomic E-state index is 13.6. The molecule has 0 aliphatic carbocycles. The number of aryl methyl sites for hydroxylation is 2. The highest BCUT2D eigenvalue weighted by Crippen LogP contribution is 2.40. The summed E-state index contributed by atoms with van der Waals surface area (Å²) in [4.78, 5) is 47.0. The van der Waals surface area contributed by atoms with Gasteiger partial charge in [-0.1, -0.05) is 0 Å². The van der Waals surface area contributed by atoms with Crippen LogP contribution in [-0.2, 0) is 57.6 Å². The van der Waals surface area contributed by atoms with Gasteiger partial charge in [-0.25, -0.2) is 18.4 Å². The third-order valence-corrected chi connectivity index (χ3v) is 16.3. The minimum atomic E-state index is -5.19. The number of nitrogens with zero attached hydrogens (tertiary/aromatic N) is 4. The Morgan fingerprint density at radius 3 is 1.14 bits per heavy atom. The number of rotatable bonds is 20. The Labute approximate surface area is 528 Å². The SMILES string of the molecule is Cc1cc(CN(Cc2ccoc2)C(=O)O[C@H]2C[N+]3(CCCOc4ccc(F)cc4)CCC2CC3)c(C(F)(F)F)o1.Cc1cc(CN(Cc2ccoc2)C(=O)O[C@H]2C[N+]3(CCCOc4ccc(F)cc4)CCC2CC3)c(C(F)(F)F)o1.O=C([O-])C(F)(F)F.O=C([O-])C(F)(F)F. The number of ether oxygens (including phenoxy) is 4. The number of hydrogen-bond acceptors (Lipinski definition) is 14. The molecule has 4 aromatic heterocycles. The number of benzene rings is 2. The maximum Gasteiger partial charge on any atom is 0.449 e. The van der Waals surface area contributed by atoms with Crippen LogP contribution >= 0.6 is 0 Å². The van der Waals surface area contributed by atoms with Crippen molar-refractivity contribution in [3.63, 3.8) is 0 Å². The van der Waals surface area contributed by atoms with E-state index in [9.17, 15) is 71.1 Å². The van der Waals surface area contributed by atoms with Crippen molar-refractivity contribution in [1.29, 1.82) is 0 Å². The van der Waals surface area contributed by atoms with Crippen LogP contribution in [0.5, 0.6) is 11.5 Å². The Morgan fingerprint density at radius 2 is 0.851 bits per heavy atom. The summed E-state index contributed by atoms with van der Waals surface area (Å²) in [6, 6.07) is 17.8. The molecule has 4 bridgehead atoms. The topological polar surface area (TPSA) is 210 Å². The minimum Gasteiger partial charge on any atom is -0.542 e. The van der Waals surface area contributed by atoms with E-state index < -0.39 is 60.4 Å². The van der Waals surface area contributed by atoms with E-state index in [2.05, 4.69) is 0 Å². The monoisotopic (exact) mass is 1360 g/mol. The first kappa shape index (κ1) is 73.0. The van der Waals surface area contributed by atoms with Gasteiger partial charge >= 0.3 is 36.9 Å². The Kier molecular flexibility index (Phi) is 24.2. The first-order valence-corrected chi connectivity index (χ1v) is 29.4. The second-order valence-corrected chi connectivity index (χ2v) is 23.2. The van der Waals surface area contributed by atoms with Crippen molar-refractivity contribution in [1.82, 2.24) is 9.80 Å². The standard InChI is InChI=1S/2C29H33F4N2O5.2C2HF3O2/c2*1-20-15-23(27(39-20)29(31,32)33)17-34(16-21-9-14-37-19-21)28(36)40-26-18-35(11-7-22(26)8-12-35)10-2-13-38-25-5-3-24(30)4-6-25;2*3-2(4,5)1(6)7/h2*3-6,9,14-15,19,22,26H,2,7-8,10-13,16-18H2,1H3;2*(H,6,7)/q2*+1;;/p-2/t2*22?,26-,35?;;/m00../s1. The van der Waals surface area contributed by atoms with Crippen molar-refractivity contribution in [3.8, 4) is 11.5 Å². The molecule has 516 valence electrons. The number of carbonyl (C=O) groups is 4. The summed E-state index contributed by atoms with van der Waals surface area (Å²) >= 11 is 0. The van der Waals surface area contributed by atoms with E-state index in [0.29, 0.717) is 48.9 Å². The van der Waals surface area contributed by atoms with E-state index >= 15 is 0 Å². The first-order chi connectivity index (χ1) is 44.1. The molecule has 0 spiro atoms. The van der Waals surface area contributed by atoms with Gasteiger partial charge in [-0.15, -0.1) is 0 Å². The lowest BCUT2D eigenvalue weighted by molar-refractivity contribution is -0.946. The molecule has 10 heterocycles. The molecule has 2 atom stereocenters. The summed E-state index contributed by atoms with van der Waals surface area (Å²) in [5, 5.41) is 17.6. The summed E-state index contributed by atoms with van der Waals surface area (Å²) < 4.78 is 216. The molecule has 0 unspecified atom stereocenters. The van der Waals surface area contributed by atoms with Gasteiger partial charge in [-0.3, -0.25) is 9.80 Å². The molecule has 2 aromatic carbocycles. The van der Waals surface area contributed by atoms with Crippen LogP contribution in [0.15, 0.2) is 116 Å². The minimum absolute atomic E-state index is 0.0367. The van der Waals surface area contributed by atoms with Gasteiger partial charge in [0, 0.05) is 72.6 Å². The molecule has 0 N–H and O–H groups in total. The Balaban J connectivity index is 0.000000221. The van der Waals surface area contributed by atoms with Crippen molar-refractivity contribution in [2.45, 2.75) is 115 Å². The van der Waals surface area contributed by atoms with E-state index in [1.54, 1.807) is 36.4 Å². The predicted octanol–water partition coefficient (Wildman–Crippen LogP) is 11.7. The zero-order chi connectivity index (χ0) is 68.8. The number of carboxylic acid groups (broad SMARTS) is 2. The molecule has 6 saturated heterocycles. The average Bonchev–Trinajstić information content (AvgIpc) is 1.16. The van der Waals surface area contributed by atoms with Gasteiger partial charge in [0.1, 0.15) is 59.7 Å². The van der Waals surface area contributed by atoms with Crippen molar-refractivity contribution < 1.29 is 136 Å². The summed E-state index contributed by atoms with van der Waals surface area (Å²) in [5.41, 5.74) is 1.04. The largest absolute Gasteiger partial charge is 0.542 e. The molecule has 6 fully saturated rings. The molecule has 0 radical (unpaired) electrons. The van der Waals surface area contributed by atoms with Gasteiger partial charge in [-0.05, 0) is 86.6 Å². The lowest BCUT2D eigenvalue weighted by atomic mass is 9.83. The molecule has 18 nitrogen and oxygen atoms in total. The number of furan rings is 4. The van der Waals surface area contributed by atoms with Crippen LogP contribution < -0.4 is 19.7 Å². The van der Waals surface area contributed by atoms with E-state index in [1.807, 2.05) is 0 Å². The highest BCUT2D eigenvalue weighted by molar-refractivity contribution is 5.71. The van der Waals surface area contributed by atoms with Gasteiger partial charge < -0.3 is 65.4 Å². The highest BCUT2D eigenvalue weighted by atomic mass is 19.4. The third kappa shape index (κ3) is 21.3. The fourth-order valence-corrected chi connectivity index (χ4v) is 11.8. The summed E-state index contributed by atoms with van der Waals surface area (Å²) in [7, 11) is 0. The first-order valence-electron chi connectivity index (χ1n) is 29.4. The third-order valence-electron chi connectivity index (χ3n) is 16.3. The summed E-state index contributed by atoms with van der Waals surface area (Å²) in [6.45, 7) is 10.3. The summed E-state index contributed by atoms with van der Waals surface area (Å²) in [6.07, 6.45) is -10.7. The molecular formula is C62H66F14N4O14. The smallest absolute Gasteiger partial charge is 0.449 e. The Hall–Kier alpha value is -8.42. The molecule has 32 heteroatoms. The number of aliphatic carboxylic acids is 2. The molecule has 2 amide bonds. The van der Waals surface area contributed by atoms with Gasteiger partial charge in [-0.2, -0.15) is 52.7 Å². The Morgan fingerprint density at radius 1 is 0.521 bits per heavy atom. The van der Waals surface area contributed by atoms with Gasteiger partial charge in [0.2, 0.25) is 11.5 Å². The van der Waals surface area contributed by atoms with Crippen molar-refractivity contribution in [3.05, 3.63) is 155 Å².